The standard InChI is InChI=1S/C14H13BrN2O/c1-17(11-6-4-5-10(16)9-11)14(18)12-7-2-3-8-13(12)15/h2-9H,16H2,1H3. The van der Waals surface area contributed by atoms with Crippen molar-refractivity contribution in [1.29, 1.82) is 0 Å². The third-order valence-electron chi connectivity index (χ3n) is 2.67. The van der Waals surface area contributed by atoms with Crippen LogP contribution in [0.15, 0.2) is 53.0 Å². The zero-order chi connectivity index (χ0) is 13.1. The van der Waals surface area contributed by atoms with Crippen molar-refractivity contribution in [2.75, 3.05) is 17.7 Å². The number of amides is 1. The molecule has 0 aliphatic heterocycles. The molecule has 0 saturated heterocycles. The maximum Gasteiger partial charge on any atom is 0.259 e. The number of anilines is 2. The summed E-state index contributed by atoms with van der Waals surface area (Å²) in [6, 6.07) is 14.6. The molecule has 2 N–H and O–H groups in total. The van der Waals surface area contributed by atoms with Crippen LogP contribution in [0.25, 0.3) is 0 Å². The third-order valence-corrected chi connectivity index (χ3v) is 3.36. The number of halogens is 1. The van der Waals surface area contributed by atoms with Crippen LogP contribution in [0.1, 0.15) is 10.4 Å². The molecule has 0 bridgehead atoms. The van der Waals surface area contributed by atoms with Crippen LogP contribution >= 0.6 is 15.9 Å². The Morgan fingerprint density at radius 1 is 1.17 bits per heavy atom. The van der Waals surface area contributed by atoms with E-state index in [0.717, 1.165) is 10.2 Å². The highest BCUT2D eigenvalue weighted by Crippen LogP contribution is 2.22. The van der Waals surface area contributed by atoms with Crippen molar-refractivity contribution in [2.24, 2.45) is 0 Å². The van der Waals surface area contributed by atoms with Crippen molar-refractivity contribution in [3.8, 4) is 0 Å². The van der Waals surface area contributed by atoms with E-state index in [1.54, 1.807) is 30.1 Å². The van der Waals surface area contributed by atoms with E-state index in [1.165, 1.54) is 0 Å². The second kappa shape index (κ2) is 5.23. The molecule has 3 nitrogen and oxygen atoms in total. The lowest BCUT2D eigenvalue weighted by Crippen LogP contribution is -2.26. The Kier molecular flexibility index (Phi) is 3.67. The average Bonchev–Trinajstić information content (AvgIpc) is 2.37. The van der Waals surface area contributed by atoms with Crippen molar-refractivity contribution in [1.82, 2.24) is 0 Å². The van der Waals surface area contributed by atoms with Gasteiger partial charge < -0.3 is 10.6 Å². The fourth-order valence-corrected chi connectivity index (χ4v) is 2.12. The van der Waals surface area contributed by atoms with E-state index >= 15 is 0 Å². The minimum absolute atomic E-state index is 0.0759. The summed E-state index contributed by atoms with van der Waals surface area (Å²) < 4.78 is 0.783. The first-order chi connectivity index (χ1) is 8.59. The van der Waals surface area contributed by atoms with Crippen LogP contribution in [0.2, 0.25) is 0 Å². The summed E-state index contributed by atoms with van der Waals surface area (Å²) in [5.74, 6) is -0.0759. The number of nitrogens with zero attached hydrogens (tertiary/aromatic N) is 1. The quantitative estimate of drug-likeness (QED) is 0.865. The molecule has 0 aliphatic carbocycles. The summed E-state index contributed by atoms with van der Waals surface area (Å²) in [7, 11) is 1.73. The van der Waals surface area contributed by atoms with Crippen LogP contribution < -0.4 is 10.6 Å². The van der Waals surface area contributed by atoms with Gasteiger partial charge in [0.25, 0.3) is 5.91 Å². The van der Waals surface area contributed by atoms with Crippen LogP contribution in [0.4, 0.5) is 11.4 Å². The van der Waals surface area contributed by atoms with E-state index in [4.69, 9.17) is 5.73 Å². The first-order valence-corrected chi connectivity index (χ1v) is 6.27. The van der Waals surface area contributed by atoms with Crippen LogP contribution in [0, 0.1) is 0 Å². The van der Waals surface area contributed by atoms with Gasteiger partial charge >= 0.3 is 0 Å². The van der Waals surface area contributed by atoms with E-state index in [0.29, 0.717) is 11.3 Å². The summed E-state index contributed by atoms with van der Waals surface area (Å²) in [6.07, 6.45) is 0. The minimum atomic E-state index is -0.0759. The second-order valence-corrected chi connectivity index (χ2v) is 4.79. The Labute approximate surface area is 114 Å². The van der Waals surface area contributed by atoms with E-state index < -0.39 is 0 Å². The van der Waals surface area contributed by atoms with Crippen LogP contribution in [-0.4, -0.2) is 13.0 Å². The summed E-state index contributed by atoms with van der Waals surface area (Å²) in [6.45, 7) is 0. The van der Waals surface area contributed by atoms with Gasteiger partial charge in [-0.25, -0.2) is 0 Å². The third kappa shape index (κ3) is 2.54. The Hall–Kier alpha value is -1.81. The Morgan fingerprint density at radius 2 is 1.89 bits per heavy atom. The van der Waals surface area contributed by atoms with Gasteiger partial charge in [0.05, 0.1) is 5.56 Å². The highest BCUT2D eigenvalue weighted by atomic mass is 79.9. The number of hydrogen-bond donors (Lipinski definition) is 1. The number of carbonyl (C=O) groups excluding carboxylic acids is 1. The summed E-state index contributed by atoms with van der Waals surface area (Å²) in [4.78, 5) is 13.9. The fourth-order valence-electron chi connectivity index (χ4n) is 1.67. The zero-order valence-electron chi connectivity index (χ0n) is 9.93. The van der Waals surface area contributed by atoms with Crippen LogP contribution in [0.3, 0.4) is 0 Å². The maximum absolute atomic E-state index is 12.3. The van der Waals surface area contributed by atoms with E-state index in [2.05, 4.69) is 15.9 Å². The van der Waals surface area contributed by atoms with Crippen molar-refractivity contribution in [3.63, 3.8) is 0 Å². The molecule has 0 radical (unpaired) electrons. The predicted octanol–water partition coefficient (Wildman–Crippen LogP) is 3.31. The number of carbonyl (C=O) groups is 1. The second-order valence-electron chi connectivity index (χ2n) is 3.94. The van der Waals surface area contributed by atoms with E-state index in [-0.39, 0.29) is 5.91 Å². The molecule has 2 rings (SSSR count). The molecule has 0 spiro atoms. The van der Waals surface area contributed by atoms with E-state index in [9.17, 15) is 4.79 Å². The molecule has 0 fully saturated rings. The molecule has 0 atom stereocenters. The first-order valence-electron chi connectivity index (χ1n) is 5.47. The van der Waals surface area contributed by atoms with Crippen LogP contribution in [0.5, 0.6) is 0 Å². The summed E-state index contributed by atoms with van der Waals surface area (Å²) in [5, 5.41) is 0. The lowest BCUT2D eigenvalue weighted by atomic mass is 10.2. The number of nitrogens with two attached hydrogens (primary N) is 1. The Balaban J connectivity index is 2.32. The van der Waals surface area contributed by atoms with Gasteiger partial charge in [0.2, 0.25) is 0 Å². The zero-order valence-corrected chi connectivity index (χ0v) is 11.5. The Morgan fingerprint density at radius 3 is 2.56 bits per heavy atom. The van der Waals surface area contributed by atoms with Crippen molar-refractivity contribution in [2.45, 2.75) is 0 Å². The molecular weight excluding hydrogens is 292 g/mol. The van der Waals surface area contributed by atoms with Gasteiger partial charge in [-0.15, -0.1) is 0 Å². The highest BCUT2D eigenvalue weighted by Gasteiger charge is 2.15. The normalized spacial score (nSPS) is 10.1. The van der Waals surface area contributed by atoms with Gasteiger partial charge in [0.15, 0.2) is 0 Å². The maximum atomic E-state index is 12.3. The number of rotatable bonds is 2. The molecule has 0 saturated carbocycles. The van der Waals surface area contributed by atoms with Gasteiger partial charge in [0.1, 0.15) is 0 Å². The molecule has 1 amide bonds. The first kappa shape index (κ1) is 12.6. The van der Waals surface area contributed by atoms with Crippen molar-refractivity contribution < 1.29 is 4.79 Å². The average molecular weight is 305 g/mol. The molecule has 92 valence electrons. The van der Waals surface area contributed by atoms with Gasteiger partial charge in [-0.2, -0.15) is 0 Å². The monoisotopic (exact) mass is 304 g/mol. The molecule has 0 aliphatic rings. The molecule has 0 unspecified atom stereocenters. The smallest absolute Gasteiger partial charge is 0.259 e. The topological polar surface area (TPSA) is 46.3 Å². The molecule has 2 aromatic rings. The fraction of sp³-hybridized carbons (Fsp3) is 0.0714. The molecular formula is C14H13BrN2O. The minimum Gasteiger partial charge on any atom is -0.399 e. The molecule has 4 heteroatoms. The van der Waals surface area contributed by atoms with Crippen molar-refractivity contribution >= 4 is 33.2 Å². The van der Waals surface area contributed by atoms with Gasteiger partial charge in [0, 0.05) is 22.9 Å². The Bertz CT molecular complexity index is 584. The summed E-state index contributed by atoms with van der Waals surface area (Å²) in [5.41, 5.74) is 7.76. The van der Waals surface area contributed by atoms with Gasteiger partial charge in [-0.05, 0) is 46.3 Å². The molecule has 2 aromatic carbocycles. The van der Waals surface area contributed by atoms with E-state index in [1.807, 2.05) is 30.3 Å². The van der Waals surface area contributed by atoms with Crippen LogP contribution in [-0.2, 0) is 0 Å². The number of hydrogen-bond acceptors (Lipinski definition) is 2. The molecule has 0 aromatic heterocycles. The van der Waals surface area contributed by atoms with Gasteiger partial charge in [-0.3, -0.25) is 4.79 Å². The number of benzene rings is 2. The van der Waals surface area contributed by atoms with Gasteiger partial charge in [-0.1, -0.05) is 18.2 Å². The highest BCUT2D eigenvalue weighted by molar-refractivity contribution is 9.10. The summed E-state index contributed by atoms with van der Waals surface area (Å²) >= 11 is 3.38. The molecule has 0 heterocycles. The van der Waals surface area contributed by atoms with Crippen molar-refractivity contribution in [3.05, 3.63) is 58.6 Å². The SMILES string of the molecule is CN(C(=O)c1ccccc1Br)c1cccc(N)c1. The molecule has 18 heavy (non-hydrogen) atoms. The predicted molar refractivity (Wildman–Crippen MR) is 77.7 cm³/mol. The largest absolute Gasteiger partial charge is 0.399 e. The number of nitrogen functional groups attached to an aromatic ring is 1. The lowest BCUT2D eigenvalue weighted by Gasteiger charge is -2.18. The lowest BCUT2D eigenvalue weighted by molar-refractivity contribution is 0.0992.